The first-order valence-electron chi connectivity index (χ1n) is 5.10. The largest absolute Gasteiger partial charge is 0.397 e. The minimum absolute atomic E-state index is 0.669. The molecule has 0 unspecified atom stereocenters. The first kappa shape index (κ1) is 10.3. The Balaban J connectivity index is 2.18. The standard InChI is InChI=1S/C12H9BrN4/c13-7-4-5-10(15-6-7)12-16-9-3-1-2-8(14)11(9)17-12/h1-6H,14H2,(H,16,17). The van der Waals surface area contributed by atoms with E-state index in [1.807, 2.05) is 30.3 Å². The fraction of sp³-hybridized carbons (Fsp3) is 0. The van der Waals surface area contributed by atoms with Crippen LogP contribution in [0.3, 0.4) is 0 Å². The Bertz CT molecular complexity index is 673. The molecule has 4 nitrogen and oxygen atoms in total. The molecule has 3 N–H and O–H groups in total. The van der Waals surface area contributed by atoms with Gasteiger partial charge in [0.2, 0.25) is 0 Å². The highest BCUT2D eigenvalue weighted by Gasteiger charge is 2.07. The van der Waals surface area contributed by atoms with Crippen molar-refractivity contribution in [1.29, 1.82) is 0 Å². The lowest BCUT2D eigenvalue weighted by molar-refractivity contribution is 1.23. The maximum absolute atomic E-state index is 5.86. The van der Waals surface area contributed by atoms with Crippen molar-refractivity contribution in [2.45, 2.75) is 0 Å². The summed E-state index contributed by atoms with van der Waals surface area (Å²) in [4.78, 5) is 11.9. The topological polar surface area (TPSA) is 67.6 Å². The summed E-state index contributed by atoms with van der Waals surface area (Å²) < 4.78 is 0.942. The van der Waals surface area contributed by atoms with Gasteiger partial charge in [0.15, 0.2) is 5.82 Å². The van der Waals surface area contributed by atoms with Crippen LogP contribution in [-0.4, -0.2) is 15.0 Å². The summed E-state index contributed by atoms with van der Waals surface area (Å²) in [6.07, 6.45) is 1.74. The van der Waals surface area contributed by atoms with Gasteiger partial charge >= 0.3 is 0 Å². The fourth-order valence-electron chi connectivity index (χ4n) is 1.69. The number of hydrogen-bond donors (Lipinski definition) is 2. The minimum Gasteiger partial charge on any atom is -0.397 e. The van der Waals surface area contributed by atoms with Crippen molar-refractivity contribution in [3.05, 3.63) is 41.0 Å². The van der Waals surface area contributed by atoms with Crippen LogP contribution in [0.1, 0.15) is 0 Å². The molecule has 2 aromatic heterocycles. The third-order valence-electron chi connectivity index (χ3n) is 2.51. The molecule has 0 bridgehead atoms. The number of H-pyrrole nitrogens is 1. The Kier molecular flexibility index (Phi) is 2.33. The summed E-state index contributed by atoms with van der Waals surface area (Å²) >= 11 is 3.35. The van der Waals surface area contributed by atoms with Gasteiger partial charge < -0.3 is 10.7 Å². The Morgan fingerprint density at radius 2 is 2.06 bits per heavy atom. The maximum Gasteiger partial charge on any atom is 0.157 e. The number of nitrogens with two attached hydrogens (primary N) is 1. The molecule has 84 valence electrons. The molecule has 3 rings (SSSR count). The number of rotatable bonds is 1. The van der Waals surface area contributed by atoms with Crippen LogP contribution in [0.2, 0.25) is 0 Å². The van der Waals surface area contributed by atoms with Gasteiger partial charge in [-0.3, -0.25) is 4.98 Å². The van der Waals surface area contributed by atoms with Gasteiger partial charge in [-0.2, -0.15) is 0 Å². The number of nitrogens with zero attached hydrogens (tertiary/aromatic N) is 2. The number of fused-ring (bicyclic) bond motifs is 1. The van der Waals surface area contributed by atoms with Crippen molar-refractivity contribution in [3.63, 3.8) is 0 Å². The van der Waals surface area contributed by atoms with Gasteiger partial charge in [0, 0.05) is 10.7 Å². The SMILES string of the molecule is Nc1cccc2[nH]c(-c3ccc(Br)cn3)nc12. The van der Waals surface area contributed by atoms with E-state index in [1.54, 1.807) is 6.20 Å². The number of aromatic nitrogens is 3. The molecule has 0 atom stereocenters. The van der Waals surface area contributed by atoms with E-state index < -0.39 is 0 Å². The zero-order chi connectivity index (χ0) is 11.8. The summed E-state index contributed by atoms with van der Waals surface area (Å²) in [7, 11) is 0. The molecule has 0 aliphatic carbocycles. The zero-order valence-electron chi connectivity index (χ0n) is 8.81. The molecule has 2 heterocycles. The Morgan fingerprint density at radius 3 is 2.76 bits per heavy atom. The van der Waals surface area contributed by atoms with Crippen molar-refractivity contribution >= 4 is 32.7 Å². The van der Waals surface area contributed by atoms with Crippen molar-refractivity contribution < 1.29 is 0 Å². The average Bonchev–Trinajstić information content (AvgIpc) is 2.75. The van der Waals surface area contributed by atoms with Gasteiger partial charge in [-0.15, -0.1) is 0 Å². The van der Waals surface area contributed by atoms with E-state index in [1.165, 1.54) is 0 Å². The predicted octanol–water partition coefficient (Wildman–Crippen LogP) is 2.97. The second-order valence-electron chi connectivity index (χ2n) is 3.69. The summed E-state index contributed by atoms with van der Waals surface area (Å²) in [5.74, 6) is 0.727. The summed E-state index contributed by atoms with van der Waals surface area (Å²) in [6, 6.07) is 9.51. The van der Waals surface area contributed by atoms with Crippen molar-refractivity contribution in [3.8, 4) is 11.5 Å². The average molecular weight is 289 g/mol. The molecule has 0 fully saturated rings. The third kappa shape index (κ3) is 1.78. The number of nitrogens with one attached hydrogen (secondary N) is 1. The van der Waals surface area contributed by atoms with E-state index in [9.17, 15) is 0 Å². The lowest BCUT2D eigenvalue weighted by Crippen LogP contribution is -1.86. The monoisotopic (exact) mass is 288 g/mol. The lowest BCUT2D eigenvalue weighted by atomic mass is 10.3. The van der Waals surface area contributed by atoms with Gasteiger partial charge in [0.1, 0.15) is 11.2 Å². The number of imidazole rings is 1. The highest BCUT2D eigenvalue weighted by molar-refractivity contribution is 9.10. The molecule has 0 spiro atoms. The number of aromatic amines is 1. The van der Waals surface area contributed by atoms with Crippen molar-refractivity contribution in [2.24, 2.45) is 0 Å². The molecule has 0 amide bonds. The third-order valence-corrected chi connectivity index (χ3v) is 2.98. The number of para-hydroxylation sites is 1. The number of benzene rings is 1. The van der Waals surface area contributed by atoms with Crippen LogP contribution < -0.4 is 5.73 Å². The smallest absolute Gasteiger partial charge is 0.157 e. The number of pyridine rings is 1. The van der Waals surface area contributed by atoms with Crippen molar-refractivity contribution in [2.75, 3.05) is 5.73 Å². The van der Waals surface area contributed by atoms with Gasteiger partial charge in [-0.25, -0.2) is 4.98 Å². The number of nitrogen functional groups attached to an aromatic ring is 1. The lowest BCUT2D eigenvalue weighted by Gasteiger charge is -1.94. The highest BCUT2D eigenvalue weighted by atomic mass is 79.9. The van der Waals surface area contributed by atoms with Crippen LogP contribution in [0.15, 0.2) is 41.0 Å². The molecule has 0 saturated carbocycles. The summed E-state index contributed by atoms with van der Waals surface area (Å²) in [5.41, 5.74) is 9.03. The molecule has 0 aliphatic heterocycles. The molecule has 0 radical (unpaired) electrons. The van der Waals surface area contributed by atoms with E-state index in [-0.39, 0.29) is 0 Å². The fourth-order valence-corrected chi connectivity index (χ4v) is 1.93. The summed E-state index contributed by atoms with van der Waals surface area (Å²) in [5, 5.41) is 0. The number of halogens is 1. The molecule has 3 aromatic rings. The van der Waals surface area contributed by atoms with E-state index >= 15 is 0 Å². The first-order chi connectivity index (χ1) is 8.24. The molecular formula is C12H9BrN4. The zero-order valence-corrected chi connectivity index (χ0v) is 10.4. The number of hydrogen-bond acceptors (Lipinski definition) is 3. The quantitative estimate of drug-likeness (QED) is 0.677. The second-order valence-corrected chi connectivity index (χ2v) is 4.61. The van der Waals surface area contributed by atoms with Crippen LogP contribution >= 0.6 is 15.9 Å². The predicted molar refractivity (Wildman–Crippen MR) is 71.4 cm³/mol. The minimum atomic E-state index is 0.669. The normalized spacial score (nSPS) is 10.9. The highest BCUT2D eigenvalue weighted by Crippen LogP contribution is 2.23. The van der Waals surface area contributed by atoms with E-state index in [0.29, 0.717) is 5.69 Å². The van der Waals surface area contributed by atoms with Crippen LogP contribution in [0.5, 0.6) is 0 Å². The molecule has 17 heavy (non-hydrogen) atoms. The van der Waals surface area contributed by atoms with E-state index in [4.69, 9.17) is 5.73 Å². The Labute approximate surface area is 106 Å². The van der Waals surface area contributed by atoms with Crippen molar-refractivity contribution in [1.82, 2.24) is 15.0 Å². The molecule has 5 heteroatoms. The molecule has 0 saturated heterocycles. The first-order valence-corrected chi connectivity index (χ1v) is 5.89. The molecule has 0 aliphatic rings. The van der Waals surface area contributed by atoms with Gasteiger partial charge in [0.25, 0.3) is 0 Å². The van der Waals surface area contributed by atoms with Crippen LogP contribution in [0, 0.1) is 0 Å². The molecule has 1 aromatic carbocycles. The Morgan fingerprint density at radius 1 is 1.18 bits per heavy atom. The van der Waals surface area contributed by atoms with Crippen LogP contribution in [0.25, 0.3) is 22.6 Å². The Hall–Kier alpha value is -1.88. The second kappa shape index (κ2) is 3.85. The van der Waals surface area contributed by atoms with Gasteiger partial charge in [-0.05, 0) is 40.2 Å². The number of anilines is 1. The molecular weight excluding hydrogens is 280 g/mol. The summed E-state index contributed by atoms with van der Waals surface area (Å²) in [6.45, 7) is 0. The maximum atomic E-state index is 5.86. The van der Waals surface area contributed by atoms with Gasteiger partial charge in [-0.1, -0.05) is 6.07 Å². The van der Waals surface area contributed by atoms with Crippen LogP contribution in [-0.2, 0) is 0 Å². The van der Waals surface area contributed by atoms with Crippen LogP contribution in [0.4, 0.5) is 5.69 Å². The van der Waals surface area contributed by atoms with E-state index in [2.05, 4.69) is 30.9 Å². The van der Waals surface area contributed by atoms with E-state index in [0.717, 1.165) is 27.0 Å². The van der Waals surface area contributed by atoms with Gasteiger partial charge in [0.05, 0.1) is 11.2 Å².